The van der Waals surface area contributed by atoms with E-state index < -0.39 is 23.8 Å². The summed E-state index contributed by atoms with van der Waals surface area (Å²) >= 11 is 0. The number of ether oxygens (including phenoxy) is 1. The molecular formula is C19H23F3N2O2. The number of alkyl halides is 3. The Balaban J connectivity index is 2.21. The van der Waals surface area contributed by atoms with Crippen LogP contribution in [-0.4, -0.2) is 24.1 Å². The summed E-state index contributed by atoms with van der Waals surface area (Å²) < 4.78 is 45.0. The molecule has 2 rings (SSSR count). The summed E-state index contributed by atoms with van der Waals surface area (Å²) in [5, 5.41) is 0. The maximum atomic E-state index is 13.3. The summed E-state index contributed by atoms with van der Waals surface area (Å²) in [6.45, 7) is 4.15. The van der Waals surface area contributed by atoms with E-state index >= 15 is 0 Å². The summed E-state index contributed by atoms with van der Waals surface area (Å²) in [7, 11) is 0. The molecule has 7 heteroatoms. The lowest BCUT2D eigenvalue weighted by molar-refractivity contribution is -0.138. The van der Waals surface area contributed by atoms with Gasteiger partial charge in [-0.2, -0.15) is 13.2 Å². The van der Waals surface area contributed by atoms with Gasteiger partial charge >= 0.3 is 12.3 Å². The van der Waals surface area contributed by atoms with Crippen molar-refractivity contribution < 1.29 is 22.7 Å². The smallest absolute Gasteiger partial charge is 0.418 e. The predicted octanol–water partition coefficient (Wildman–Crippen LogP) is 4.79. The molecule has 0 saturated heterocycles. The molecule has 26 heavy (non-hydrogen) atoms. The van der Waals surface area contributed by atoms with E-state index in [0.29, 0.717) is 24.4 Å². The first-order valence-electron chi connectivity index (χ1n) is 8.45. The molecule has 4 nitrogen and oxygen atoms in total. The van der Waals surface area contributed by atoms with Crippen LogP contribution in [0.15, 0.2) is 47.8 Å². The molecule has 0 bridgehead atoms. The maximum absolute atomic E-state index is 13.3. The molecule has 0 radical (unpaired) electrons. The van der Waals surface area contributed by atoms with Gasteiger partial charge in [0, 0.05) is 17.3 Å². The van der Waals surface area contributed by atoms with Crippen LogP contribution in [0, 0.1) is 0 Å². The molecule has 0 aliphatic carbocycles. The number of carbonyl (C=O) groups is 1. The Labute approximate surface area is 151 Å². The molecule has 1 amide bonds. The van der Waals surface area contributed by atoms with Crippen LogP contribution in [0.4, 0.5) is 18.0 Å². The van der Waals surface area contributed by atoms with E-state index in [1.54, 1.807) is 32.1 Å². The second kappa shape index (κ2) is 8.40. The SMILES string of the molecule is CC1=CC(c2ccccc2C(F)(F)F)C=C(C)N1C(=O)OCCCCN. The van der Waals surface area contributed by atoms with Crippen molar-refractivity contribution in [3.05, 3.63) is 58.9 Å². The fraction of sp³-hybridized carbons (Fsp3) is 0.421. The maximum Gasteiger partial charge on any atom is 0.418 e. The summed E-state index contributed by atoms with van der Waals surface area (Å²) in [5.74, 6) is -0.561. The molecular weight excluding hydrogens is 345 g/mol. The average Bonchev–Trinajstić information content (AvgIpc) is 2.57. The summed E-state index contributed by atoms with van der Waals surface area (Å²) in [6.07, 6.45) is -0.264. The topological polar surface area (TPSA) is 55.6 Å². The van der Waals surface area contributed by atoms with Gasteiger partial charge in [0.1, 0.15) is 0 Å². The lowest BCUT2D eigenvalue weighted by Gasteiger charge is -2.30. The van der Waals surface area contributed by atoms with E-state index in [1.807, 2.05) is 0 Å². The molecule has 0 unspecified atom stereocenters. The van der Waals surface area contributed by atoms with E-state index in [-0.39, 0.29) is 12.2 Å². The summed E-state index contributed by atoms with van der Waals surface area (Å²) in [6, 6.07) is 5.48. The number of hydrogen-bond acceptors (Lipinski definition) is 3. The molecule has 1 aromatic carbocycles. The van der Waals surface area contributed by atoms with Gasteiger partial charge in [-0.3, -0.25) is 4.90 Å². The van der Waals surface area contributed by atoms with Crippen molar-refractivity contribution in [3.63, 3.8) is 0 Å². The van der Waals surface area contributed by atoms with E-state index in [2.05, 4.69) is 0 Å². The fourth-order valence-electron chi connectivity index (χ4n) is 2.98. The monoisotopic (exact) mass is 368 g/mol. The highest BCUT2D eigenvalue weighted by molar-refractivity contribution is 5.73. The van der Waals surface area contributed by atoms with E-state index in [1.165, 1.54) is 17.0 Å². The number of benzene rings is 1. The molecule has 1 aliphatic rings. The average molecular weight is 368 g/mol. The van der Waals surface area contributed by atoms with Gasteiger partial charge in [0.25, 0.3) is 0 Å². The Kier molecular flexibility index (Phi) is 6.47. The van der Waals surface area contributed by atoms with Crippen molar-refractivity contribution in [2.45, 2.75) is 38.8 Å². The minimum Gasteiger partial charge on any atom is -0.449 e. The molecule has 0 atom stereocenters. The largest absolute Gasteiger partial charge is 0.449 e. The van der Waals surface area contributed by atoms with Crippen LogP contribution >= 0.6 is 0 Å². The molecule has 1 aliphatic heterocycles. The molecule has 0 fully saturated rings. The second-order valence-corrected chi connectivity index (χ2v) is 6.17. The first-order valence-corrected chi connectivity index (χ1v) is 8.45. The quantitative estimate of drug-likeness (QED) is 0.761. The van der Waals surface area contributed by atoms with Gasteiger partial charge in [-0.15, -0.1) is 0 Å². The third-order valence-corrected chi connectivity index (χ3v) is 4.18. The number of nitrogens with two attached hydrogens (primary N) is 1. The van der Waals surface area contributed by atoms with Crippen LogP contribution in [0.3, 0.4) is 0 Å². The Morgan fingerprint density at radius 2 is 1.77 bits per heavy atom. The normalized spacial score (nSPS) is 15.5. The zero-order chi connectivity index (χ0) is 19.3. The first-order chi connectivity index (χ1) is 12.3. The Morgan fingerprint density at radius 3 is 2.35 bits per heavy atom. The van der Waals surface area contributed by atoms with E-state index in [9.17, 15) is 18.0 Å². The Hall–Kier alpha value is -2.28. The van der Waals surface area contributed by atoms with E-state index in [4.69, 9.17) is 10.5 Å². The van der Waals surface area contributed by atoms with Crippen molar-refractivity contribution in [2.24, 2.45) is 5.73 Å². The number of nitrogens with zero attached hydrogens (tertiary/aromatic N) is 1. The molecule has 0 aromatic heterocycles. The van der Waals surface area contributed by atoms with Crippen LogP contribution in [0.2, 0.25) is 0 Å². The van der Waals surface area contributed by atoms with Crippen molar-refractivity contribution in [1.29, 1.82) is 0 Å². The third kappa shape index (κ3) is 4.66. The van der Waals surface area contributed by atoms with Crippen LogP contribution in [0.5, 0.6) is 0 Å². The minimum absolute atomic E-state index is 0.162. The van der Waals surface area contributed by atoms with Crippen LogP contribution < -0.4 is 5.73 Å². The Bertz CT molecular complexity index is 691. The van der Waals surface area contributed by atoms with Crippen molar-refractivity contribution in [3.8, 4) is 0 Å². The van der Waals surface area contributed by atoms with Gasteiger partial charge < -0.3 is 10.5 Å². The van der Waals surface area contributed by atoms with Crippen LogP contribution in [0.1, 0.15) is 43.7 Å². The van der Waals surface area contributed by atoms with Gasteiger partial charge in [0.15, 0.2) is 0 Å². The van der Waals surface area contributed by atoms with Crippen molar-refractivity contribution >= 4 is 6.09 Å². The molecule has 0 saturated carbocycles. The lowest BCUT2D eigenvalue weighted by Crippen LogP contribution is -2.31. The number of halogens is 3. The number of amides is 1. The van der Waals surface area contributed by atoms with Crippen molar-refractivity contribution in [1.82, 2.24) is 4.90 Å². The van der Waals surface area contributed by atoms with Crippen molar-refractivity contribution in [2.75, 3.05) is 13.2 Å². The minimum atomic E-state index is -4.43. The molecule has 142 valence electrons. The van der Waals surface area contributed by atoms with Gasteiger partial charge in [0.2, 0.25) is 0 Å². The third-order valence-electron chi connectivity index (χ3n) is 4.18. The molecule has 1 heterocycles. The summed E-state index contributed by atoms with van der Waals surface area (Å²) in [4.78, 5) is 13.6. The summed E-state index contributed by atoms with van der Waals surface area (Å²) in [5.41, 5.74) is 5.96. The zero-order valence-electron chi connectivity index (χ0n) is 14.8. The zero-order valence-corrected chi connectivity index (χ0v) is 14.8. The standard InChI is InChI=1S/C19H23F3N2O2/c1-13-11-15(16-7-3-4-8-17(16)19(20,21)22)12-14(2)24(13)18(25)26-10-6-5-9-23/h3-4,7-8,11-12,15H,5-6,9-10,23H2,1-2H3. The number of unbranched alkanes of at least 4 members (excludes halogenated alkanes) is 1. The molecule has 2 N–H and O–H groups in total. The molecule has 0 spiro atoms. The second-order valence-electron chi connectivity index (χ2n) is 6.17. The number of carbonyl (C=O) groups excluding carboxylic acids is 1. The highest BCUT2D eigenvalue weighted by Gasteiger charge is 2.35. The van der Waals surface area contributed by atoms with Gasteiger partial charge in [-0.1, -0.05) is 30.4 Å². The van der Waals surface area contributed by atoms with Crippen LogP contribution in [0.25, 0.3) is 0 Å². The fourth-order valence-corrected chi connectivity index (χ4v) is 2.98. The Morgan fingerprint density at radius 1 is 1.15 bits per heavy atom. The number of rotatable bonds is 5. The first kappa shape index (κ1) is 20.0. The van der Waals surface area contributed by atoms with Crippen LogP contribution in [-0.2, 0) is 10.9 Å². The van der Waals surface area contributed by atoms with Gasteiger partial charge in [0.05, 0.1) is 12.2 Å². The van der Waals surface area contributed by atoms with Gasteiger partial charge in [-0.05, 0) is 44.9 Å². The lowest BCUT2D eigenvalue weighted by atomic mass is 9.90. The highest BCUT2D eigenvalue weighted by Crippen LogP contribution is 2.38. The van der Waals surface area contributed by atoms with E-state index in [0.717, 1.165) is 12.5 Å². The molecule has 1 aromatic rings. The highest BCUT2D eigenvalue weighted by atomic mass is 19.4. The number of allylic oxidation sites excluding steroid dienone is 4. The predicted molar refractivity (Wildman–Crippen MR) is 93.2 cm³/mol. The van der Waals surface area contributed by atoms with Gasteiger partial charge in [-0.25, -0.2) is 4.79 Å². The number of hydrogen-bond donors (Lipinski definition) is 1.